The van der Waals surface area contributed by atoms with E-state index < -0.39 is 0 Å². The van der Waals surface area contributed by atoms with E-state index in [1.165, 1.54) is 18.4 Å². The van der Waals surface area contributed by atoms with Gasteiger partial charge in [-0.2, -0.15) is 0 Å². The topological polar surface area (TPSA) is 38.3 Å². The molecule has 24 heavy (non-hydrogen) atoms. The zero-order valence-corrected chi connectivity index (χ0v) is 15.4. The zero-order valence-electron chi connectivity index (χ0n) is 15.4. The van der Waals surface area contributed by atoms with Crippen LogP contribution in [0, 0.1) is 0 Å². The summed E-state index contributed by atoms with van der Waals surface area (Å²) in [7, 11) is 0. The van der Waals surface area contributed by atoms with Crippen molar-refractivity contribution in [2.45, 2.75) is 65.2 Å². The fraction of sp³-hybridized carbons (Fsp3) is 0.571. The molecule has 3 nitrogen and oxygen atoms in total. The second kappa shape index (κ2) is 13.6. The van der Waals surface area contributed by atoms with Crippen molar-refractivity contribution in [1.29, 1.82) is 0 Å². The molecule has 0 saturated carbocycles. The maximum Gasteiger partial charge on any atom is 0.219 e. The van der Waals surface area contributed by atoms with Crippen LogP contribution >= 0.6 is 0 Å². The smallest absolute Gasteiger partial charge is 0.219 e. The summed E-state index contributed by atoms with van der Waals surface area (Å²) >= 11 is 0. The van der Waals surface area contributed by atoms with Gasteiger partial charge in [-0.05, 0) is 43.7 Å². The molecule has 0 atom stereocenters. The Hall–Kier alpha value is -1.77. The van der Waals surface area contributed by atoms with Crippen molar-refractivity contribution < 1.29 is 9.53 Å². The highest BCUT2D eigenvalue weighted by Crippen LogP contribution is 2.19. The largest absolute Gasteiger partial charge is 0.493 e. The van der Waals surface area contributed by atoms with Crippen molar-refractivity contribution in [2.75, 3.05) is 13.2 Å². The number of nitrogens with one attached hydrogen (secondary N) is 1. The van der Waals surface area contributed by atoms with Gasteiger partial charge in [-0.15, -0.1) is 0 Å². The third-order valence-corrected chi connectivity index (χ3v) is 3.87. The van der Waals surface area contributed by atoms with E-state index in [1.54, 1.807) is 0 Å². The van der Waals surface area contributed by atoms with Crippen molar-refractivity contribution in [3.05, 3.63) is 42.0 Å². The highest BCUT2D eigenvalue weighted by molar-refractivity contribution is 5.75. The molecule has 0 radical (unpaired) electrons. The number of carbonyl (C=O) groups is 1. The van der Waals surface area contributed by atoms with Crippen LogP contribution in [0.4, 0.5) is 0 Å². The first-order valence-electron chi connectivity index (χ1n) is 9.40. The summed E-state index contributed by atoms with van der Waals surface area (Å²) in [5.41, 5.74) is 1.22. The van der Waals surface area contributed by atoms with E-state index in [2.05, 4.69) is 37.4 Å². The summed E-state index contributed by atoms with van der Waals surface area (Å²) in [6.07, 6.45) is 12.1. The van der Waals surface area contributed by atoms with Crippen molar-refractivity contribution in [3.8, 4) is 5.75 Å². The SMILES string of the molecule is CCC=CCc1ccccc1OCCCCC(=O)NCCCCC. The Morgan fingerprint density at radius 1 is 1.08 bits per heavy atom. The maximum absolute atomic E-state index is 11.7. The molecule has 0 aliphatic carbocycles. The van der Waals surface area contributed by atoms with Gasteiger partial charge in [0.1, 0.15) is 5.75 Å². The van der Waals surface area contributed by atoms with Gasteiger partial charge in [0, 0.05) is 13.0 Å². The number of para-hydroxylation sites is 1. The first-order chi connectivity index (χ1) is 11.8. The van der Waals surface area contributed by atoms with E-state index >= 15 is 0 Å². The summed E-state index contributed by atoms with van der Waals surface area (Å²) in [6, 6.07) is 8.19. The molecule has 0 heterocycles. The minimum absolute atomic E-state index is 0.163. The van der Waals surface area contributed by atoms with Crippen LogP contribution in [0.1, 0.15) is 64.4 Å². The number of ether oxygens (including phenoxy) is 1. The Labute approximate surface area is 147 Å². The number of allylic oxidation sites excluding steroid dienone is 2. The first-order valence-corrected chi connectivity index (χ1v) is 9.40. The third kappa shape index (κ3) is 9.39. The normalized spacial score (nSPS) is 10.9. The van der Waals surface area contributed by atoms with Gasteiger partial charge in [-0.25, -0.2) is 0 Å². The van der Waals surface area contributed by atoms with Gasteiger partial charge >= 0.3 is 0 Å². The number of rotatable bonds is 13. The molecule has 0 aromatic heterocycles. The van der Waals surface area contributed by atoms with E-state index in [9.17, 15) is 4.79 Å². The quantitative estimate of drug-likeness (QED) is 0.406. The number of unbranched alkanes of at least 4 members (excludes halogenated alkanes) is 3. The Kier molecular flexibility index (Phi) is 11.5. The van der Waals surface area contributed by atoms with Crippen molar-refractivity contribution >= 4 is 5.91 Å². The number of hydrogen-bond acceptors (Lipinski definition) is 2. The number of amides is 1. The van der Waals surface area contributed by atoms with E-state index in [1.807, 2.05) is 18.2 Å². The van der Waals surface area contributed by atoms with Crippen molar-refractivity contribution in [2.24, 2.45) is 0 Å². The van der Waals surface area contributed by atoms with Crippen molar-refractivity contribution in [3.63, 3.8) is 0 Å². The minimum Gasteiger partial charge on any atom is -0.493 e. The molecule has 1 amide bonds. The number of carbonyl (C=O) groups excluding carboxylic acids is 1. The average molecular weight is 332 g/mol. The minimum atomic E-state index is 0.163. The van der Waals surface area contributed by atoms with E-state index in [0.717, 1.165) is 44.4 Å². The lowest BCUT2D eigenvalue weighted by atomic mass is 10.1. The van der Waals surface area contributed by atoms with Gasteiger partial charge in [-0.1, -0.05) is 57.0 Å². The third-order valence-electron chi connectivity index (χ3n) is 3.87. The molecule has 0 saturated heterocycles. The van der Waals surface area contributed by atoms with E-state index in [4.69, 9.17) is 4.74 Å². The monoisotopic (exact) mass is 331 g/mol. The predicted octanol–water partition coefficient (Wildman–Crippen LogP) is 5.05. The van der Waals surface area contributed by atoms with Gasteiger partial charge in [0.15, 0.2) is 0 Å². The molecule has 0 unspecified atom stereocenters. The first kappa shape index (κ1) is 20.3. The standard InChI is InChI=1S/C21H33NO2/c1-3-5-7-13-19-14-8-9-15-20(19)24-18-12-10-16-21(23)22-17-11-6-4-2/h5,7-9,14-15H,3-4,6,10-13,16-18H2,1-2H3,(H,22,23). The van der Waals surface area contributed by atoms with Crippen LogP contribution in [0.2, 0.25) is 0 Å². The van der Waals surface area contributed by atoms with Gasteiger partial charge in [0.05, 0.1) is 6.61 Å². The lowest BCUT2D eigenvalue weighted by Gasteiger charge is -2.10. The lowest BCUT2D eigenvalue weighted by molar-refractivity contribution is -0.121. The fourth-order valence-corrected chi connectivity index (χ4v) is 2.45. The van der Waals surface area contributed by atoms with Crippen LogP contribution in [0.25, 0.3) is 0 Å². The Morgan fingerprint density at radius 3 is 2.71 bits per heavy atom. The molecular formula is C21H33NO2. The Morgan fingerprint density at radius 2 is 1.92 bits per heavy atom. The van der Waals surface area contributed by atoms with Crippen LogP contribution in [0.3, 0.4) is 0 Å². The maximum atomic E-state index is 11.7. The van der Waals surface area contributed by atoms with E-state index in [-0.39, 0.29) is 5.91 Å². The summed E-state index contributed by atoms with van der Waals surface area (Å²) < 4.78 is 5.90. The summed E-state index contributed by atoms with van der Waals surface area (Å²) in [4.78, 5) is 11.7. The van der Waals surface area contributed by atoms with Gasteiger partial charge in [0.25, 0.3) is 0 Å². The molecule has 0 bridgehead atoms. The number of benzene rings is 1. The molecule has 1 aromatic carbocycles. The molecule has 1 rings (SSSR count). The highest BCUT2D eigenvalue weighted by Gasteiger charge is 2.03. The fourth-order valence-electron chi connectivity index (χ4n) is 2.45. The molecular weight excluding hydrogens is 298 g/mol. The van der Waals surface area contributed by atoms with Crippen molar-refractivity contribution in [1.82, 2.24) is 5.32 Å². The van der Waals surface area contributed by atoms with E-state index in [0.29, 0.717) is 13.0 Å². The highest BCUT2D eigenvalue weighted by atomic mass is 16.5. The van der Waals surface area contributed by atoms with Gasteiger partial charge in [-0.3, -0.25) is 4.79 Å². The molecule has 0 spiro atoms. The summed E-state index contributed by atoms with van der Waals surface area (Å²) in [5, 5.41) is 2.98. The lowest BCUT2D eigenvalue weighted by Crippen LogP contribution is -2.24. The molecule has 0 aliphatic heterocycles. The van der Waals surface area contributed by atoms with Gasteiger partial charge in [0.2, 0.25) is 5.91 Å². The molecule has 134 valence electrons. The molecule has 3 heteroatoms. The van der Waals surface area contributed by atoms with Crippen LogP contribution in [0.5, 0.6) is 5.75 Å². The molecule has 0 fully saturated rings. The Balaban J connectivity index is 2.19. The Bertz CT molecular complexity index is 482. The zero-order chi connectivity index (χ0) is 17.5. The van der Waals surface area contributed by atoms with Gasteiger partial charge < -0.3 is 10.1 Å². The molecule has 1 N–H and O–H groups in total. The van der Waals surface area contributed by atoms with Crippen LogP contribution < -0.4 is 10.1 Å². The number of hydrogen-bond donors (Lipinski definition) is 1. The molecule has 0 aliphatic rings. The second-order valence-electron chi connectivity index (χ2n) is 6.05. The summed E-state index contributed by atoms with van der Waals surface area (Å²) in [5.74, 6) is 1.12. The van der Waals surface area contributed by atoms with Crippen LogP contribution in [-0.4, -0.2) is 19.1 Å². The average Bonchev–Trinajstić information content (AvgIpc) is 2.60. The predicted molar refractivity (Wildman–Crippen MR) is 101 cm³/mol. The second-order valence-corrected chi connectivity index (χ2v) is 6.05. The summed E-state index contributed by atoms with van der Waals surface area (Å²) in [6.45, 7) is 5.78. The van der Waals surface area contributed by atoms with Crippen LogP contribution in [0.15, 0.2) is 36.4 Å². The molecule has 1 aromatic rings. The van der Waals surface area contributed by atoms with Crippen LogP contribution in [-0.2, 0) is 11.2 Å².